The fourth-order valence-corrected chi connectivity index (χ4v) is 2.66. The average molecular weight is 273 g/mol. The van der Waals surface area contributed by atoms with Crippen LogP contribution in [-0.4, -0.2) is 19.8 Å². The lowest BCUT2D eigenvalue weighted by Gasteiger charge is -2.31. The second-order valence-electron chi connectivity index (χ2n) is 3.85. The third kappa shape index (κ3) is 4.29. The smallest absolute Gasteiger partial charge is 0.210 e. The summed E-state index contributed by atoms with van der Waals surface area (Å²) in [7, 11) is -3.40. The van der Waals surface area contributed by atoms with Crippen LogP contribution in [0.2, 0.25) is 0 Å². The molecule has 0 aliphatic rings. The van der Waals surface area contributed by atoms with Crippen LogP contribution >= 0.6 is 12.2 Å². The molecule has 0 saturated carbocycles. The summed E-state index contributed by atoms with van der Waals surface area (Å²) in [5, 5.41) is 2.77. The molecule has 0 spiro atoms. The molecule has 0 aliphatic carbocycles. The zero-order valence-electron chi connectivity index (χ0n) is 9.60. The third-order valence-electron chi connectivity index (χ3n) is 2.11. The minimum Gasteiger partial charge on any atom is -0.376 e. The molecule has 0 aliphatic heterocycles. The Kier molecular flexibility index (Phi) is 4.07. The average Bonchev–Trinajstić information content (AvgIpc) is 2.14. The lowest BCUT2D eigenvalue weighted by atomic mass is 10.0. The first kappa shape index (κ1) is 13.9. The SMILES string of the molecule is CC(NC(N)=S)(NS(C)(=O)=O)c1ccccc1. The molecular weight excluding hydrogens is 258 g/mol. The van der Waals surface area contributed by atoms with Crippen LogP contribution < -0.4 is 15.8 Å². The maximum atomic E-state index is 11.4. The molecule has 0 bridgehead atoms. The molecule has 7 heteroatoms. The maximum absolute atomic E-state index is 11.4. The van der Waals surface area contributed by atoms with Crippen molar-refractivity contribution in [2.75, 3.05) is 6.26 Å². The van der Waals surface area contributed by atoms with E-state index in [0.717, 1.165) is 11.8 Å². The number of sulfonamides is 1. The van der Waals surface area contributed by atoms with Crippen molar-refractivity contribution in [1.29, 1.82) is 0 Å². The van der Waals surface area contributed by atoms with Crippen molar-refractivity contribution in [1.82, 2.24) is 10.0 Å². The first-order valence-electron chi connectivity index (χ1n) is 4.85. The molecule has 0 heterocycles. The first-order chi connectivity index (χ1) is 7.73. The molecule has 1 unspecified atom stereocenters. The molecule has 1 atom stereocenters. The topological polar surface area (TPSA) is 84.2 Å². The van der Waals surface area contributed by atoms with Gasteiger partial charge in [0.15, 0.2) is 5.11 Å². The van der Waals surface area contributed by atoms with E-state index in [1.807, 2.05) is 6.07 Å². The number of nitrogens with one attached hydrogen (secondary N) is 2. The van der Waals surface area contributed by atoms with Gasteiger partial charge in [0.05, 0.1) is 6.26 Å². The van der Waals surface area contributed by atoms with Crippen molar-refractivity contribution < 1.29 is 8.42 Å². The van der Waals surface area contributed by atoms with E-state index in [2.05, 4.69) is 10.0 Å². The van der Waals surface area contributed by atoms with Gasteiger partial charge in [0, 0.05) is 0 Å². The second-order valence-corrected chi connectivity index (χ2v) is 6.04. The van der Waals surface area contributed by atoms with Crippen LogP contribution in [0.25, 0.3) is 0 Å². The molecule has 0 amide bonds. The highest BCUT2D eigenvalue weighted by Crippen LogP contribution is 2.17. The molecule has 0 aromatic heterocycles. The molecule has 94 valence electrons. The van der Waals surface area contributed by atoms with Crippen molar-refractivity contribution in [2.24, 2.45) is 5.73 Å². The Labute approximate surface area is 106 Å². The first-order valence-corrected chi connectivity index (χ1v) is 7.15. The van der Waals surface area contributed by atoms with Gasteiger partial charge in [-0.25, -0.2) is 8.42 Å². The zero-order valence-corrected chi connectivity index (χ0v) is 11.2. The van der Waals surface area contributed by atoms with E-state index in [4.69, 9.17) is 18.0 Å². The monoisotopic (exact) mass is 273 g/mol. The van der Waals surface area contributed by atoms with Crippen molar-refractivity contribution in [3.63, 3.8) is 0 Å². The Balaban J connectivity index is 3.15. The molecule has 5 nitrogen and oxygen atoms in total. The van der Waals surface area contributed by atoms with E-state index in [-0.39, 0.29) is 5.11 Å². The van der Waals surface area contributed by atoms with Gasteiger partial charge >= 0.3 is 0 Å². The Morgan fingerprint density at radius 2 is 1.88 bits per heavy atom. The van der Waals surface area contributed by atoms with E-state index < -0.39 is 15.7 Å². The summed E-state index contributed by atoms with van der Waals surface area (Å²) in [5.74, 6) is 0. The van der Waals surface area contributed by atoms with Gasteiger partial charge in [-0.15, -0.1) is 0 Å². The molecule has 1 aromatic rings. The van der Waals surface area contributed by atoms with Crippen LogP contribution in [0.4, 0.5) is 0 Å². The number of nitrogens with two attached hydrogens (primary N) is 1. The molecule has 0 radical (unpaired) electrons. The predicted octanol–water partition coefficient (Wildman–Crippen LogP) is 0.242. The van der Waals surface area contributed by atoms with Crippen LogP contribution in [-0.2, 0) is 15.7 Å². The Morgan fingerprint density at radius 1 is 1.35 bits per heavy atom. The van der Waals surface area contributed by atoms with E-state index >= 15 is 0 Å². The summed E-state index contributed by atoms with van der Waals surface area (Å²) in [5.41, 5.74) is 5.09. The van der Waals surface area contributed by atoms with Crippen molar-refractivity contribution in [3.05, 3.63) is 35.9 Å². The van der Waals surface area contributed by atoms with Crippen LogP contribution in [0.15, 0.2) is 30.3 Å². The van der Waals surface area contributed by atoms with Crippen molar-refractivity contribution in [2.45, 2.75) is 12.6 Å². The number of thiocarbonyl (C=S) groups is 1. The van der Waals surface area contributed by atoms with Gasteiger partial charge in [-0.05, 0) is 24.7 Å². The Bertz CT molecular complexity index is 502. The van der Waals surface area contributed by atoms with E-state index in [9.17, 15) is 8.42 Å². The van der Waals surface area contributed by atoms with Crippen LogP contribution in [0.3, 0.4) is 0 Å². The number of hydrogen-bond donors (Lipinski definition) is 3. The van der Waals surface area contributed by atoms with Gasteiger partial charge in [-0.1, -0.05) is 30.3 Å². The van der Waals surface area contributed by atoms with Gasteiger partial charge < -0.3 is 11.1 Å². The number of hydrogen-bond acceptors (Lipinski definition) is 3. The predicted molar refractivity (Wildman–Crippen MR) is 71.7 cm³/mol. The van der Waals surface area contributed by atoms with Crippen LogP contribution in [0.1, 0.15) is 12.5 Å². The minimum atomic E-state index is -3.40. The fraction of sp³-hybridized carbons (Fsp3) is 0.300. The van der Waals surface area contributed by atoms with Gasteiger partial charge in [0.25, 0.3) is 0 Å². The normalized spacial score (nSPS) is 14.9. The lowest BCUT2D eigenvalue weighted by molar-refractivity contribution is 0.402. The fourth-order valence-electron chi connectivity index (χ4n) is 1.55. The van der Waals surface area contributed by atoms with Crippen LogP contribution in [0, 0.1) is 0 Å². The highest BCUT2D eigenvalue weighted by Gasteiger charge is 2.29. The number of rotatable bonds is 4. The quantitative estimate of drug-likeness (QED) is 0.541. The summed E-state index contributed by atoms with van der Waals surface area (Å²) in [6, 6.07) is 9.01. The van der Waals surface area contributed by atoms with E-state index in [0.29, 0.717) is 0 Å². The van der Waals surface area contributed by atoms with E-state index in [1.54, 1.807) is 31.2 Å². The second kappa shape index (κ2) is 4.99. The Morgan fingerprint density at radius 3 is 2.29 bits per heavy atom. The summed E-state index contributed by atoms with van der Waals surface area (Å²) in [6.07, 6.45) is 1.08. The number of benzene rings is 1. The van der Waals surface area contributed by atoms with Crippen molar-refractivity contribution >= 4 is 27.4 Å². The maximum Gasteiger partial charge on any atom is 0.210 e. The zero-order chi connectivity index (χ0) is 13.1. The minimum absolute atomic E-state index is 0.0208. The third-order valence-corrected chi connectivity index (χ3v) is 2.99. The van der Waals surface area contributed by atoms with Crippen LogP contribution in [0.5, 0.6) is 0 Å². The van der Waals surface area contributed by atoms with Gasteiger partial charge in [-0.3, -0.25) is 0 Å². The molecular formula is C10H15N3O2S2. The molecule has 0 saturated heterocycles. The summed E-state index contributed by atoms with van der Waals surface area (Å²) < 4.78 is 25.2. The molecule has 4 N–H and O–H groups in total. The summed E-state index contributed by atoms with van der Waals surface area (Å²) in [6.45, 7) is 1.66. The van der Waals surface area contributed by atoms with E-state index in [1.165, 1.54) is 0 Å². The largest absolute Gasteiger partial charge is 0.376 e. The molecule has 17 heavy (non-hydrogen) atoms. The van der Waals surface area contributed by atoms with Gasteiger partial charge in [0.2, 0.25) is 10.0 Å². The van der Waals surface area contributed by atoms with Crippen molar-refractivity contribution in [3.8, 4) is 0 Å². The summed E-state index contributed by atoms with van der Waals surface area (Å²) in [4.78, 5) is 0. The lowest BCUT2D eigenvalue weighted by Crippen LogP contribution is -2.56. The highest BCUT2D eigenvalue weighted by atomic mass is 32.2. The molecule has 1 rings (SSSR count). The standard InChI is InChI=1S/C10H15N3O2S2/c1-10(12-9(11)16,13-17(2,14)15)8-6-4-3-5-7-8/h3-7,13H,1-2H3,(H3,11,12,16). The summed E-state index contributed by atoms with van der Waals surface area (Å²) >= 11 is 4.76. The van der Waals surface area contributed by atoms with Gasteiger partial charge in [0.1, 0.15) is 5.66 Å². The highest BCUT2D eigenvalue weighted by molar-refractivity contribution is 7.88. The molecule has 0 fully saturated rings. The molecule has 1 aromatic carbocycles. The van der Waals surface area contributed by atoms with Gasteiger partial charge in [-0.2, -0.15) is 4.72 Å². The Hall–Kier alpha value is -1.18.